The Bertz CT molecular complexity index is 610. The molecule has 0 saturated heterocycles. The average molecular weight is 302 g/mol. The van der Waals surface area contributed by atoms with E-state index in [1.807, 2.05) is 18.1 Å². The zero-order valence-corrected chi connectivity index (χ0v) is 13.2. The van der Waals surface area contributed by atoms with Crippen molar-refractivity contribution in [2.24, 2.45) is 12.5 Å². The summed E-state index contributed by atoms with van der Waals surface area (Å²) in [6.07, 6.45) is 5.27. The van der Waals surface area contributed by atoms with Gasteiger partial charge in [-0.15, -0.1) is 0 Å². The highest BCUT2D eigenvalue weighted by Gasteiger charge is 2.45. The van der Waals surface area contributed by atoms with Crippen molar-refractivity contribution in [1.29, 1.82) is 5.26 Å². The molecule has 2 aliphatic rings. The number of carbonyl (C=O) groups is 1. The maximum absolute atomic E-state index is 13.0. The van der Waals surface area contributed by atoms with Gasteiger partial charge in [-0.2, -0.15) is 10.4 Å². The molecule has 22 heavy (non-hydrogen) atoms. The molecule has 0 aromatic carbocycles. The van der Waals surface area contributed by atoms with Crippen LogP contribution in [0.5, 0.6) is 0 Å². The summed E-state index contributed by atoms with van der Waals surface area (Å²) in [4.78, 5) is 14.8. The Kier molecular flexibility index (Phi) is 3.92. The summed E-state index contributed by atoms with van der Waals surface area (Å²) in [5, 5.41) is 14.1. The second kappa shape index (κ2) is 5.73. The standard InChI is InChI=1S/C16H22N4O2/c1-19-7-12-8-20(9-13(10-22-2)14(12)18-19)15(21)16(11-17)5-3-4-6-16/h7,13H,3-6,8-10H2,1-2H3. The van der Waals surface area contributed by atoms with E-state index >= 15 is 0 Å². The van der Waals surface area contributed by atoms with Gasteiger partial charge in [0.05, 0.1) is 18.4 Å². The van der Waals surface area contributed by atoms with Crippen LogP contribution in [-0.2, 0) is 23.1 Å². The van der Waals surface area contributed by atoms with Gasteiger partial charge >= 0.3 is 0 Å². The Labute approximate surface area is 130 Å². The van der Waals surface area contributed by atoms with Crippen molar-refractivity contribution in [3.63, 3.8) is 0 Å². The number of hydrogen-bond acceptors (Lipinski definition) is 4. The van der Waals surface area contributed by atoms with Crippen LogP contribution in [0.3, 0.4) is 0 Å². The number of methoxy groups -OCH3 is 1. The molecule has 3 rings (SSSR count). The first kappa shape index (κ1) is 15.0. The van der Waals surface area contributed by atoms with Gasteiger partial charge in [0.1, 0.15) is 5.41 Å². The second-order valence-electron chi connectivity index (χ2n) is 6.45. The molecule has 1 aromatic rings. The van der Waals surface area contributed by atoms with Crippen molar-refractivity contribution in [2.75, 3.05) is 20.3 Å². The molecule has 1 aromatic heterocycles. The molecule has 1 saturated carbocycles. The van der Waals surface area contributed by atoms with Gasteiger partial charge in [0.2, 0.25) is 5.91 Å². The Morgan fingerprint density at radius 1 is 1.55 bits per heavy atom. The molecule has 1 aliphatic heterocycles. The predicted octanol–water partition coefficient (Wildman–Crippen LogP) is 1.58. The van der Waals surface area contributed by atoms with E-state index in [2.05, 4.69) is 11.2 Å². The van der Waals surface area contributed by atoms with Crippen LogP contribution in [0.4, 0.5) is 0 Å². The number of nitrogens with zero attached hydrogens (tertiary/aromatic N) is 4. The monoisotopic (exact) mass is 302 g/mol. The third kappa shape index (κ3) is 2.40. The Balaban J connectivity index is 1.87. The molecule has 0 N–H and O–H groups in total. The van der Waals surface area contributed by atoms with Crippen LogP contribution in [0.2, 0.25) is 0 Å². The van der Waals surface area contributed by atoms with Crippen molar-refractivity contribution >= 4 is 5.91 Å². The summed E-state index contributed by atoms with van der Waals surface area (Å²) in [6, 6.07) is 2.31. The number of hydrogen-bond donors (Lipinski definition) is 0. The summed E-state index contributed by atoms with van der Waals surface area (Å²) in [5.74, 6) is 0.0687. The van der Waals surface area contributed by atoms with Gasteiger partial charge in [-0.1, -0.05) is 12.8 Å². The highest BCUT2D eigenvalue weighted by Crippen LogP contribution is 2.40. The SMILES string of the molecule is COCC1CN(C(=O)C2(C#N)CCCC2)Cc2cn(C)nc21. The van der Waals surface area contributed by atoms with E-state index < -0.39 is 5.41 Å². The lowest BCUT2D eigenvalue weighted by atomic mass is 9.85. The van der Waals surface area contributed by atoms with Crippen LogP contribution in [0.15, 0.2) is 6.20 Å². The molecule has 0 spiro atoms. The minimum absolute atomic E-state index is 0.0110. The van der Waals surface area contributed by atoms with Crippen molar-refractivity contribution in [1.82, 2.24) is 14.7 Å². The highest BCUT2D eigenvalue weighted by molar-refractivity contribution is 5.86. The number of aromatic nitrogens is 2. The van der Waals surface area contributed by atoms with Crippen molar-refractivity contribution in [3.8, 4) is 6.07 Å². The number of fused-ring (bicyclic) bond motifs is 1. The molecule has 1 amide bonds. The fourth-order valence-electron chi connectivity index (χ4n) is 3.79. The van der Waals surface area contributed by atoms with Gasteiger partial charge < -0.3 is 9.64 Å². The van der Waals surface area contributed by atoms with E-state index in [1.54, 1.807) is 11.8 Å². The zero-order valence-electron chi connectivity index (χ0n) is 13.2. The van der Waals surface area contributed by atoms with Crippen LogP contribution in [0.1, 0.15) is 42.9 Å². The zero-order chi connectivity index (χ0) is 15.7. The number of rotatable bonds is 3. The van der Waals surface area contributed by atoms with Crippen molar-refractivity contribution in [2.45, 2.75) is 38.1 Å². The molecular weight excluding hydrogens is 280 g/mol. The minimum Gasteiger partial charge on any atom is -0.384 e. The Hall–Kier alpha value is -1.87. The first-order chi connectivity index (χ1) is 10.6. The summed E-state index contributed by atoms with van der Waals surface area (Å²) in [5.41, 5.74) is 1.28. The first-order valence-electron chi connectivity index (χ1n) is 7.81. The lowest BCUT2D eigenvalue weighted by Gasteiger charge is -2.35. The van der Waals surface area contributed by atoms with Crippen LogP contribution in [-0.4, -0.2) is 40.8 Å². The number of amides is 1. The Morgan fingerprint density at radius 3 is 2.91 bits per heavy atom. The molecule has 2 heterocycles. The van der Waals surface area contributed by atoms with E-state index in [0.717, 1.165) is 24.1 Å². The molecule has 1 aliphatic carbocycles. The molecule has 1 fully saturated rings. The largest absolute Gasteiger partial charge is 0.384 e. The summed E-state index contributed by atoms with van der Waals surface area (Å²) >= 11 is 0. The van der Waals surface area contributed by atoms with Gasteiger partial charge in [0.15, 0.2) is 0 Å². The van der Waals surface area contributed by atoms with E-state index in [4.69, 9.17) is 4.74 Å². The smallest absolute Gasteiger partial charge is 0.243 e. The average Bonchev–Trinajstić information content (AvgIpc) is 3.13. The first-order valence-corrected chi connectivity index (χ1v) is 7.81. The van der Waals surface area contributed by atoms with Crippen LogP contribution >= 0.6 is 0 Å². The van der Waals surface area contributed by atoms with Gasteiger partial charge in [-0.3, -0.25) is 9.48 Å². The summed E-state index contributed by atoms with van der Waals surface area (Å²) < 4.78 is 7.09. The topological polar surface area (TPSA) is 71.2 Å². The molecule has 0 bridgehead atoms. The molecule has 1 atom stereocenters. The van der Waals surface area contributed by atoms with Gasteiger partial charge in [-0.25, -0.2) is 0 Å². The lowest BCUT2D eigenvalue weighted by Crippen LogP contribution is -2.46. The number of ether oxygens (including phenoxy) is 1. The van der Waals surface area contributed by atoms with Crippen molar-refractivity contribution < 1.29 is 9.53 Å². The van der Waals surface area contributed by atoms with E-state index in [9.17, 15) is 10.1 Å². The second-order valence-corrected chi connectivity index (χ2v) is 6.45. The fraction of sp³-hybridized carbons (Fsp3) is 0.688. The van der Waals surface area contributed by atoms with Crippen LogP contribution < -0.4 is 0 Å². The maximum atomic E-state index is 13.0. The molecule has 6 nitrogen and oxygen atoms in total. The van der Waals surface area contributed by atoms with Gasteiger partial charge in [0, 0.05) is 44.9 Å². The normalized spacial score (nSPS) is 23.1. The lowest BCUT2D eigenvalue weighted by molar-refractivity contribution is -0.140. The molecule has 118 valence electrons. The number of nitriles is 1. The van der Waals surface area contributed by atoms with Gasteiger partial charge in [-0.05, 0) is 12.8 Å². The van der Waals surface area contributed by atoms with E-state index in [1.165, 1.54) is 0 Å². The van der Waals surface area contributed by atoms with Crippen LogP contribution in [0, 0.1) is 16.7 Å². The van der Waals surface area contributed by atoms with E-state index in [0.29, 0.717) is 32.5 Å². The summed E-state index contributed by atoms with van der Waals surface area (Å²) in [6.45, 7) is 1.67. The van der Waals surface area contributed by atoms with Crippen LogP contribution in [0.25, 0.3) is 0 Å². The molecule has 0 radical (unpaired) electrons. The number of carbonyl (C=O) groups excluding carboxylic acids is 1. The quantitative estimate of drug-likeness (QED) is 0.850. The Morgan fingerprint density at radius 2 is 2.27 bits per heavy atom. The predicted molar refractivity (Wildman–Crippen MR) is 79.8 cm³/mol. The molecular formula is C16H22N4O2. The number of aryl methyl sites for hydroxylation is 1. The third-order valence-electron chi connectivity index (χ3n) is 4.86. The fourth-order valence-corrected chi connectivity index (χ4v) is 3.79. The molecule has 6 heteroatoms. The highest BCUT2D eigenvalue weighted by atomic mass is 16.5. The molecule has 1 unspecified atom stereocenters. The van der Waals surface area contributed by atoms with Crippen molar-refractivity contribution in [3.05, 3.63) is 17.5 Å². The minimum atomic E-state index is -0.808. The summed E-state index contributed by atoms with van der Waals surface area (Å²) in [7, 11) is 3.55. The van der Waals surface area contributed by atoms with E-state index in [-0.39, 0.29) is 11.8 Å². The third-order valence-corrected chi connectivity index (χ3v) is 4.86. The van der Waals surface area contributed by atoms with Gasteiger partial charge in [0.25, 0.3) is 0 Å². The maximum Gasteiger partial charge on any atom is 0.243 e.